The lowest BCUT2D eigenvalue weighted by molar-refractivity contribution is -0.136. The van der Waals surface area contributed by atoms with Crippen molar-refractivity contribution in [1.82, 2.24) is 9.88 Å². The Kier molecular flexibility index (Phi) is 5.38. The molecule has 0 aliphatic heterocycles. The maximum Gasteiger partial charge on any atom is 0.313 e. The number of hydrogen-bond donors (Lipinski definition) is 3. The van der Waals surface area contributed by atoms with Crippen LogP contribution in [0.25, 0.3) is 10.9 Å². The summed E-state index contributed by atoms with van der Waals surface area (Å²) in [6.07, 6.45) is 5.17. The van der Waals surface area contributed by atoms with Gasteiger partial charge in [-0.15, -0.1) is 0 Å². The van der Waals surface area contributed by atoms with Crippen molar-refractivity contribution in [1.29, 1.82) is 0 Å². The molecular formula is C19H25N3O3. The fourth-order valence-corrected chi connectivity index (χ4v) is 3.49. The number of aromatic nitrogens is 1. The SMILES string of the molecule is CCn1ccc2ccc(NC(=O)C(=O)NCC3CCCC(O)C3)cc21. The third-order valence-electron chi connectivity index (χ3n) is 4.89. The zero-order valence-electron chi connectivity index (χ0n) is 14.5. The van der Waals surface area contributed by atoms with Gasteiger partial charge >= 0.3 is 11.8 Å². The summed E-state index contributed by atoms with van der Waals surface area (Å²) in [6.45, 7) is 3.33. The van der Waals surface area contributed by atoms with Crippen LogP contribution in [0.2, 0.25) is 0 Å². The summed E-state index contributed by atoms with van der Waals surface area (Å²) >= 11 is 0. The second kappa shape index (κ2) is 7.70. The van der Waals surface area contributed by atoms with Gasteiger partial charge in [-0.3, -0.25) is 9.59 Å². The minimum absolute atomic E-state index is 0.240. The van der Waals surface area contributed by atoms with Crippen LogP contribution in [0.1, 0.15) is 32.6 Å². The molecular weight excluding hydrogens is 318 g/mol. The maximum absolute atomic E-state index is 12.1. The molecule has 1 aliphatic carbocycles. The molecule has 1 aliphatic rings. The molecule has 0 spiro atoms. The monoisotopic (exact) mass is 343 g/mol. The van der Waals surface area contributed by atoms with Gasteiger partial charge in [-0.2, -0.15) is 0 Å². The Morgan fingerprint density at radius 2 is 2.08 bits per heavy atom. The normalized spacial score (nSPS) is 20.4. The van der Waals surface area contributed by atoms with Gasteiger partial charge in [0, 0.05) is 25.0 Å². The number of rotatable bonds is 4. The van der Waals surface area contributed by atoms with E-state index in [9.17, 15) is 14.7 Å². The first-order chi connectivity index (χ1) is 12.1. The van der Waals surface area contributed by atoms with Crippen LogP contribution in [-0.2, 0) is 16.1 Å². The Morgan fingerprint density at radius 1 is 1.24 bits per heavy atom. The molecule has 2 aromatic rings. The molecule has 2 unspecified atom stereocenters. The fraction of sp³-hybridized carbons (Fsp3) is 0.474. The molecule has 3 N–H and O–H groups in total. The van der Waals surface area contributed by atoms with Crippen LogP contribution in [0, 0.1) is 5.92 Å². The van der Waals surface area contributed by atoms with Crippen LogP contribution in [0.3, 0.4) is 0 Å². The predicted molar refractivity (Wildman–Crippen MR) is 97.2 cm³/mol. The fourth-order valence-electron chi connectivity index (χ4n) is 3.49. The first-order valence-electron chi connectivity index (χ1n) is 8.93. The number of nitrogens with one attached hydrogen (secondary N) is 2. The highest BCUT2D eigenvalue weighted by Crippen LogP contribution is 2.23. The molecule has 1 aromatic heterocycles. The van der Waals surface area contributed by atoms with Crippen LogP contribution in [0.15, 0.2) is 30.5 Å². The number of hydrogen-bond acceptors (Lipinski definition) is 3. The molecule has 2 amide bonds. The summed E-state index contributed by atoms with van der Waals surface area (Å²) in [5.74, 6) is -1.05. The van der Waals surface area contributed by atoms with Crippen LogP contribution in [0.4, 0.5) is 5.69 Å². The molecule has 1 heterocycles. The lowest BCUT2D eigenvalue weighted by atomic mass is 9.87. The molecule has 1 saturated carbocycles. The van der Waals surface area contributed by atoms with E-state index in [0.29, 0.717) is 18.7 Å². The van der Waals surface area contributed by atoms with E-state index in [1.165, 1.54) is 0 Å². The number of benzene rings is 1. The van der Waals surface area contributed by atoms with Crippen molar-refractivity contribution in [2.75, 3.05) is 11.9 Å². The van der Waals surface area contributed by atoms with Crippen molar-refractivity contribution >= 4 is 28.4 Å². The van der Waals surface area contributed by atoms with E-state index in [1.54, 1.807) is 6.07 Å². The lowest BCUT2D eigenvalue weighted by Gasteiger charge is -2.25. The third kappa shape index (κ3) is 4.20. The molecule has 0 saturated heterocycles. The number of carbonyl (C=O) groups is 2. The smallest absolute Gasteiger partial charge is 0.313 e. The van der Waals surface area contributed by atoms with E-state index in [-0.39, 0.29) is 12.0 Å². The van der Waals surface area contributed by atoms with E-state index >= 15 is 0 Å². The molecule has 0 radical (unpaired) electrons. The van der Waals surface area contributed by atoms with Gasteiger partial charge in [0.15, 0.2) is 0 Å². The molecule has 6 heteroatoms. The van der Waals surface area contributed by atoms with Gasteiger partial charge in [0.2, 0.25) is 0 Å². The Bertz CT molecular complexity index is 768. The summed E-state index contributed by atoms with van der Waals surface area (Å²) in [7, 11) is 0. The van der Waals surface area contributed by atoms with Crippen LogP contribution in [0.5, 0.6) is 0 Å². The number of fused-ring (bicyclic) bond motifs is 1. The Labute approximate surface area is 147 Å². The Morgan fingerprint density at radius 3 is 2.84 bits per heavy atom. The number of nitrogens with zero attached hydrogens (tertiary/aromatic N) is 1. The lowest BCUT2D eigenvalue weighted by Crippen LogP contribution is -2.39. The van der Waals surface area contributed by atoms with Gasteiger partial charge in [-0.25, -0.2) is 0 Å². The minimum atomic E-state index is -0.662. The van der Waals surface area contributed by atoms with Gasteiger partial charge in [-0.05, 0) is 55.7 Å². The van der Waals surface area contributed by atoms with Crippen LogP contribution >= 0.6 is 0 Å². The average Bonchev–Trinajstić information content (AvgIpc) is 3.02. The second-order valence-corrected chi connectivity index (χ2v) is 6.73. The van der Waals surface area contributed by atoms with E-state index in [4.69, 9.17) is 0 Å². The van der Waals surface area contributed by atoms with Gasteiger partial charge < -0.3 is 20.3 Å². The second-order valence-electron chi connectivity index (χ2n) is 6.73. The van der Waals surface area contributed by atoms with E-state index in [1.807, 2.05) is 24.4 Å². The minimum Gasteiger partial charge on any atom is -0.393 e. The number of amides is 2. The highest BCUT2D eigenvalue weighted by Gasteiger charge is 2.22. The number of aliphatic hydroxyl groups excluding tert-OH is 1. The van der Waals surface area contributed by atoms with Crippen LogP contribution in [-0.4, -0.2) is 34.1 Å². The van der Waals surface area contributed by atoms with Crippen molar-refractivity contribution in [2.45, 2.75) is 45.3 Å². The van der Waals surface area contributed by atoms with Crippen molar-refractivity contribution < 1.29 is 14.7 Å². The Balaban J connectivity index is 1.56. The molecule has 6 nitrogen and oxygen atoms in total. The van der Waals surface area contributed by atoms with Crippen molar-refractivity contribution in [3.05, 3.63) is 30.5 Å². The molecule has 25 heavy (non-hydrogen) atoms. The number of aryl methyl sites for hydroxylation is 1. The van der Waals surface area contributed by atoms with Crippen molar-refractivity contribution in [3.63, 3.8) is 0 Å². The zero-order chi connectivity index (χ0) is 17.8. The topological polar surface area (TPSA) is 83.4 Å². The maximum atomic E-state index is 12.1. The van der Waals surface area contributed by atoms with Gasteiger partial charge in [0.25, 0.3) is 0 Å². The van der Waals surface area contributed by atoms with Gasteiger partial charge in [-0.1, -0.05) is 12.5 Å². The van der Waals surface area contributed by atoms with Gasteiger partial charge in [0.1, 0.15) is 0 Å². The molecule has 2 atom stereocenters. The molecule has 134 valence electrons. The first-order valence-corrected chi connectivity index (χ1v) is 8.93. The Hall–Kier alpha value is -2.34. The first kappa shape index (κ1) is 17.5. The third-order valence-corrected chi connectivity index (χ3v) is 4.89. The predicted octanol–water partition coefficient (Wildman–Crippen LogP) is 2.27. The molecule has 3 rings (SSSR count). The standard InChI is InChI=1S/C19H25N3O3/c1-2-22-9-8-14-6-7-15(11-17(14)22)21-19(25)18(24)20-12-13-4-3-5-16(23)10-13/h6-9,11,13,16,23H,2-5,10,12H2,1H3,(H,20,24)(H,21,25). The summed E-state index contributed by atoms with van der Waals surface area (Å²) in [6, 6.07) is 7.63. The quantitative estimate of drug-likeness (QED) is 0.745. The molecule has 1 aromatic carbocycles. The number of anilines is 1. The average molecular weight is 343 g/mol. The largest absolute Gasteiger partial charge is 0.393 e. The van der Waals surface area contributed by atoms with E-state index in [0.717, 1.165) is 36.7 Å². The summed E-state index contributed by atoms with van der Waals surface area (Å²) < 4.78 is 2.08. The highest BCUT2D eigenvalue weighted by molar-refractivity contribution is 6.39. The van der Waals surface area contributed by atoms with Crippen molar-refractivity contribution in [2.24, 2.45) is 5.92 Å². The molecule has 1 fully saturated rings. The van der Waals surface area contributed by atoms with E-state index in [2.05, 4.69) is 22.1 Å². The number of aliphatic hydroxyl groups is 1. The molecule has 0 bridgehead atoms. The van der Waals surface area contributed by atoms with Crippen molar-refractivity contribution in [3.8, 4) is 0 Å². The zero-order valence-corrected chi connectivity index (χ0v) is 14.5. The summed E-state index contributed by atoms with van der Waals surface area (Å²) in [5, 5.41) is 16.1. The van der Waals surface area contributed by atoms with E-state index < -0.39 is 11.8 Å². The highest BCUT2D eigenvalue weighted by atomic mass is 16.3. The van der Waals surface area contributed by atoms with Crippen LogP contribution < -0.4 is 10.6 Å². The number of carbonyl (C=O) groups excluding carboxylic acids is 2. The van der Waals surface area contributed by atoms with Gasteiger partial charge in [0.05, 0.1) is 11.6 Å². The summed E-state index contributed by atoms with van der Waals surface area (Å²) in [5.41, 5.74) is 1.63. The summed E-state index contributed by atoms with van der Waals surface area (Å²) in [4.78, 5) is 24.1.